The van der Waals surface area contributed by atoms with Gasteiger partial charge in [0, 0.05) is 12.8 Å². The van der Waals surface area contributed by atoms with Crippen LogP contribution in [0.3, 0.4) is 0 Å². The van der Waals surface area contributed by atoms with Crippen LogP contribution in [0.5, 0.6) is 0 Å². The molecular formula is C10H12O6. The fraction of sp³-hybridized carbons (Fsp3) is 0.600. The Balaban J connectivity index is 2.90. The van der Waals surface area contributed by atoms with Gasteiger partial charge < -0.3 is 9.47 Å². The Labute approximate surface area is 91.9 Å². The van der Waals surface area contributed by atoms with E-state index in [1.807, 2.05) is 0 Å². The van der Waals surface area contributed by atoms with Crippen molar-refractivity contribution in [1.29, 1.82) is 0 Å². The summed E-state index contributed by atoms with van der Waals surface area (Å²) in [5.74, 6) is -4.83. The van der Waals surface area contributed by atoms with E-state index in [2.05, 4.69) is 9.47 Å². The minimum atomic E-state index is -1.17. The highest BCUT2D eigenvalue weighted by Crippen LogP contribution is 2.25. The second kappa shape index (κ2) is 4.87. The Bertz CT molecular complexity index is 315. The van der Waals surface area contributed by atoms with Gasteiger partial charge in [-0.25, -0.2) is 0 Å². The monoisotopic (exact) mass is 228 g/mol. The summed E-state index contributed by atoms with van der Waals surface area (Å²) < 4.78 is 8.81. The van der Waals surface area contributed by atoms with Gasteiger partial charge >= 0.3 is 11.9 Å². The molecule has 6 nitrogen and oxygen atoms in total. The van der Waals surface area contributed by atoms with Crippen LogP contribution in [0.1, 0.15) is 12.8 Å². The largest absolute Gasteiger partial charge is 0.468 e. The summed E-state index contributed by atoms with van der Waals surface area (Å²) in [4.78, 5) is 45.5. The van der Waals surface area contributed by atoms with Gasteiger partial charge in [0.05, 0.1) is 14.2 Å². The number of rotatable bonds is 2. The lowest BCUT2D eigenvalue weighted by Crippen LogP contribution is -2.42. The van der Waals surface area contributed by atoms with Crippen LogP contribution in [-0.4, -0.2) is 37.7 Å². The Hall–Kier alpha value is -1.72. The third kappa shape index (κ3) is 2.26. The molecule has 0 amide bonds. The van der Waals surface area contributed by atoms with Crippen molar-refractivity contribution < 1.29 is 28.7 Å². The van der Waals surface area contributed by atoms with Crippen LogP contribution in [0.4, 0.5) is 0 Å². The molecule has 0 N–H and O–H groups in total. The predicted octanol–water partition coefficient (Wildman–Crippen LogP) is -0.503. The molecule has 88 valence electrons. The van der Waals surface area contributed by atoms with Gasteiger partial charge in [0.15, 0.2) is 5.78 Å². The molecule has 2 unspecified atom stereocenters. The van der Waals surface area contributed by atoms with Gasteiger partial charge in [-0.15, -0.1) is 0 Å². The molecule has 1 aliphatic rings. The fourth-order valence-electron chi connectivity index (χ4n) is 1.67. The van der Waals surface area contributed by atoms with Crippen molar-refractivity contribution in [1.82, 2.24) is 0 Å². The molecule has 1 aliphatic carbocycles. The van der Waals surface area contributed by atoms with E-state index >= 15 is 0 Å². The molecule has 6 heteroatoms. The lowest BCUT2D eigenvalue weighted by Gasteiger charge is -2.23. The molecule has 1 saturated carbocycles. The van der Waals surface area contributed by atoms with Crippen LogP contribution in [0.15, 0.2) is 0 Å². The summed E-state index contributed by atoms with van der Waals surface area (Å²) in [6.45, 7) is 0. The summed E-state index contributed by atoms with van der Waals surface area (Å²) in [7, 11) is 2.25. The molecule has 0 heterocycles. The van der Waals surface area contributed by atoms with Gasteiger partial charge in [0.2, 0.25) is 0 Å². The maximum atomic E-state index is 11.7. The van der Waals surface area contributed by atoms with E-state index in [4.69, 9.17) is 0 Å². The molecule has 0 saturated heterocycles. The fourth-order valence-corrected chi connectivity index (χ4v) is 1.67. The van der Waals surface area contributed by atoms with E-state index in [9.17, 15) is 19.2 Å². The number of esters is 2. The molecule has 0 spiro atoms. The van der Waals surface area contributed by atoms with E-state index in [0.717, 1.165) is 14.2 Å². The third-order valence-corrected chi connectivity index (χ3v) is 2.52. The first kappa shape index (κ1) is 12.4. The van der Waals surface area contributed by atoms with Gasteiger partial charge in [0.25, 0.3) is 0 Å². The Morgan fingerprint density at radius 2 is 1.38 bits per heavy atom. The highest BCUT2D eigenvalue weighted by atomic mass is 16.5. The summed E-state index contributed by atoms with van der Waals surface area (Å²) in [6, 6.07) is 0. The van der Waals surface area contributed by atoms with Crippen LogP contribution in [0.2, 0.25) is 0 Å². The zero-order chi connectivity index (χ0) is 12.3. The van der Waals surface area contributed by atoms with E-state index in [1.165, 1.54) is 0 Å². The molecule has 16 heavy (non-hydrogen) atoms. The molecule has 0 aromatic heterocycles. The smallest absolute Gasteiger partial charge is 0.316 e. The molecule has 1 fully saturated rings. The number of carbonyl (C=O) groups is 4. The molecule has 0 aromatic carbocycles. The first-order valence-electron chi connectivity index (χ1n) is 4.72. The average Bonchev–Trinajstić information content (AvgIpc) is 2.29. The number of ketones is 2. The number of ether oxygens (including phenoxy) is 2. The van der Waals surface area contributed by atoms with Crippen molar-refractivity contribution in [3.05, 3.63) is 0 Å². The van der Waals surface area contributed by atoms with Crippen LogP contribution in [0.25, 0.3) is 0 Å². The molecule has 1 rings (SSSR count). The van der Waals surface area contributed by atoms with E-state index < -0.39 is 29.6 Å². The number of Topliss-reactive ketones (excluding diaryl/α,β-unsaturated/α-hetero) is 2. The maximum Gasteiger partial charge on any atom is 0.316 e. The van der Waals surface area contributed by atoms with Crippen molar-refractivity contribution in [2.24, 2.45) is 11.8 Å². The molecule has 0 aromatic rings. The lowest BCUT2D eigenvalue weighted by atomic mass is 9.79. The zero-order valence-electron chi connectivity index (χ0n) is 9.02. The van der Waals surface area contributed by atoms with Gasteiger partial charge in [-0.05, 0) is 0 Å². The maximum absolute atomic E-state index is 11.7. The normalized spacial score (nSPS) is 25.1. The van der Waals surface area contributed by atoms with Gasteiger partial charge in [0.1, 0.15) is 17.6 Å². The van der Waals surface area contributed by atoms with Crippen molar-refractivity contribution >= 4 is 23.5 Å². The van der Waals surface area contributed by atoms with Crippen molar-refractivity contribution in [2.45, 2.75) is 12.8 Å². The number of hydrogen-bond acceptors (Lipinski definition) is 6. The summed E-state index contributed by atoms with van der Waals surface area (Å²) in [6.07, 6.45) is -0.391. The van der Waals surface area contributed by atoms with Crippen LogP contribution >= 0.6 is 0 Å². The Kier molecular flexibility index (Phi) is 3.76. The van der Waals surface area contributed by atoms with Gasteiger partial charge in [-0.3, -0.25) is 19.2 Å². The van der Waals surface area contributed by atoms with E-state index in [-0.39, 0.29) is 18.6 Å². The topological polar surface area (TPSA) is 86.7 Å². The number of hydrogen-bond donors (Lipinski definition) is 0. The van der Waals surface area contributed by atoms with Crippen LogP contribution in [0, 0.1) is 11.8 Å². The first-order valence-corrected chi connectivity index (χ1v) is 4.72. The van der Waals surface area contributed by atoms with Gasteiger partial charge in [-0.1, -0.05) is 0 Å². The molecule has 2 atom stereocenters. The Morgan fingerprint density at radius 3 is 1.69 bits per heavy atom. The van der Waals surface area contributed by atoms with Crippen LogP contribution < -0.4 is 0 Å². The minimum Gasteiger partial charge on any atom is -0.468 e. The molecular weight excluding hydrogens is 216 g/mol. The minimum absolute atomic E-state index is 0.195. The zero-order valence-corrected chi connectivity index (χ0v) is 9.02. The predicted molar refractivity (Wildman–Crippen MR) is 50.3 cm³/mol. The third-order valence-electron chi connectivity index (χ3n) is 2.52. The average molecular weight is 228 g/mol. The second-order valence-electron chi connectivity index (χ2n) is 3.50. The SMILES string of the molecule is COC(=O)C1CC(=O)CC(C(=O)OC)C1=O. The van der Waals surface area contributed by atoms with Crippen molar-refractivity contribution in [3.63, 3.8) is 0 Å². The Morgan fingerprint density at radius 1 is 1.00 bits per heavy atom. The standard InChI is InChI=1S/C10H12O6/c1-15-9(13)6-3-5(11)4-7(8(6)12)10(14)16-2/h6-7H,3-4H2,1-2H3. The number of methoxy groups -OCH3 is 2. The highest BCUT2D eigenvalue weighted by molar-refractivity contribution is 6.14. The lowest BCUT2D eigenvalue weighted by molar-refractivity contribution is -0.160. The second-order valence-corrected chi connectivity index (χ2v) is 3.50. The van der Waals surface area contributed by atoms with Crippen molar-refractivity contribution in [3.8, 4) is 0 Å². The quantitative estimate of drug-likeness (QED) is 0.467. The molecule has 0 bridgehead atoms. The summed E-state index contributed by atoms with van der Waals surface area (Å²) in [5.41, 5.74) is 0. The van der Waals surface area contributed by atoms with Gasteiger partial charge in [-0.2, -0.15) is 0 Å². The molecule has 0 radical (unpaired) electrons. The molecule has 0 aliphatic heterocycles. The van der Waals surface area contributed by atoms with Crippen molar-refractivity contribution in [2.75, 3.05) is 14.2 Å². The van der Waals surface area contributed by atoms with Crippen LogP contribution in [-0.2, 0) is 28.7 Å². The first-order chi connectivity index (χ1) is 7.51. The summed E-state index contributed by atoms with van der Waals surface area (Å²) >= 11 is 0. The van der Waals surface area contributed by atoms with E-state index in [1.54, 1.807) is 0 Å². The summed E-state index contributed by atoms with van der Waals surface area (Å²) in [5, 5.41) is 0. The highest BCUT2D eigenvalue weighted by Gasteiger charge is 2.44. The number of carbonyl (C=O) groups excluding carboxylic acids is 4. The van der Waals surface area contributed by atoms with E-state index in [0.29, 0.717) is 0 Å².